The van der Waals surface area contributed by atoms with Gasteiger partial charge in [-0.25, -0.2) is 4.39 Å². The summed E-state index contributed by atoms with van der Waals surface area (Å²) in [6.07, 6.45) is 9.52. The zero-order chi connectivity index (χ0) is 14.7. The van der Waals surface area contributed by atoms with Crippen LogP contribution in [-0.2, 0) is 0 Å². The van der Waals surface area contributed by atoms with Crippen LogP contribution in [0.25, 0.3) is 0 Å². The van der Waals surface area contributed by atoms with E-state index in [1.807, 2.05) is 12.1 Å². The largest absolute Gasteiger partial charge is 0.314 e. The van der Waals surface area contributed by atoms with Gasteiger partial charge in [-0.1, -0.05) is 38.3 Å². The third kappa shape index (κ3) is 4.06. The third-order valence-electron chi connectivity index (χ3n) is 5.51. The predicted octanol–water partition coefficient (Wildman–Crippen LogP) is 4.88. The average Bonchev–Trinajstić information content (AvgIpc) is 2.43. The second-order valence-corrected chi connectivity index (χ2v) is 7.30. The first-order chi connectivity index (χ1) is 10.2. The Labute approximate surface area is 128 Å². The molecule has 2 atom stereocenters. The van der Waals surface area contributed by atoms with Gasteiger partial charge in [0.15, 0.2) is 0 Å². The zero-order valence-electron chi connectivity index (χ0n) is 13.2. The van der Waals surface area contributed by atoms with Crippen LogP contribution < -0.4 is 5.32 Å². The number of rotatable bonds is 5. The molecule has 3 rings (SSSR count). The van der Waals surface area contributed by atoms with Crippen molar-refractivity contribution in [3.8, 4) is 0 Å². The smallest absolute Gasteiger partial charge is 0.123 e. The number of nitrogens with one attached hydrogen (secondary N) is 1. The molecule has 0 aromatic heterocycles. The molecule has 0 heterocycles. The predicted molar refractivity (Wildman–Crippen MR) is 85.9 cm³/mol. The number of benzene rings is 1. The summed E-state index contributed by atoms with van der Waals surface area (Å²) < 4.78 is 12.9. The molecule has 0 amide bonds. The van der Waals surface area contributed by atoms with Crippen LogP contribution in [0.1, 0.15) is 63.4 Å². The molecule has 0 bridgehead atoms. The normalized spacial score (nSPS) is 32.7. The van der Waals surface area contributed by atoms with Crippen LogP contribution in [0, 0.1) is 17.7 Å². The Morgan fingerprint density at radius 2 is 1.86 bits per heavy atom. The highest BCUT2D eigenvalue weighted by molar-refractivity contribution is 5.23. The minimum Gasteiger partial charge on any atom is -0.314 e. The van der Waals surface area contributed by atoms with Gasteiger partial charge in [0.05, 0.1) is 0 Å². The summed E-state index contributed by atoms with van der Waals surface area (Å²) in [6.45, 7) is 3.58. The number of hydrogen-bond donors (Lipinski definition) is 1. The van der Waals surface area contributed by atoms with Crippen molar-refractivity contribution in [1.82, 2.24) is 5.32 Å². The number of halogens is 1. The molecule has 0 saturated heterocycles. The maximum Gasteiger partial charge on any atom is 0.123 e. The SMILES string of the molecule is CC1CCCC(CCNC2CC(c3ccc(F)cc3)C2)C1. The molecule has 2 aliphatic rings. The molecular weight excluding hydrogens is 261 g/mol. The van der Waals surface area contributed by atoms with Crippen molar-refractivity contribution in [2.24, 2.45) is 11.8 Å². The van der Waals surface area contributed by atoms with E-state index in [0.717, 1.165) is 11.8 Å². The average molecular weight is 289 g/mol. The molecule has 1 aromatic rings. The summed E-state index contributed by atoms with van der Waals surface area (Å²) in [5.41, 5.74) is 1.30. The van der Waals surface area contributed by atoms with Gasteiger partial charge in [0, 0.05) is 6.04 Å². The van der Waals surface area contributed by atoms with E-state index in [-0.39, 0.29) is 5.82 Å². The van der Waals surface area contributed by atoms with E-state index in [0.29, 0.717) is 12.0 Å². The quantitative estimate of drug-likeness (QED) is 0.814. The van der Waals surface area contributed by atoms with E-state index in [2.05, 4.69) is 12.2 Å². The van der Waals surface area contributed by atoms with Gasteiger partial charge in [-0.15, -0.1) is 0 Å². The van der Waals surface area contributed by atoms with Crippen molar-refractivity contribution in [1.29, 1.82) is 0 Å². The molecule has 2 saturated carbocycles. The lowest BCUT2D eigenvalue weighted by Gasteiger charge is -2.37. The number of hydrogen-bond acceptors (Lipinski definition) is 1. The Balaban J connectivity index is 1.33. The van der Waals surface area contributed by atoms with Crippen molar-refractivity contribution in [3.05, 3.63) is 35.6 Å². The molecule has 2 aliphatic carbocycles. The lowest BCUT2D eigenvalue weighted by molar-refractivity contribution is 0.246. The fourth-order valence-corrected chi connectivity index (χ4v) is 4.11. The molecule has 21 heavy (non-hydrogen) atoms. The Morgan fingerprint density at radius 3 is 2.57 bits per heavy atom. The molecule has 116 valence electrons. The Hall–Kier alpha value is -0.890. The third-order valence-corrected chi connectivity index (χ3v) is 5.51. The lowest BCUT2D eigenvalue weighted by Crippen LogP contribution is -2.41. The van der Waals surface area contributed by atoms with Crippen molar-refractivity contribution in [2.45, 2.75) is 63.8 Å². The summed E-state index contributed by atoms with van der Waals surface area (Å²) in [5.74, 6) is 2.40. The van der Waals surface area contributed by atoms with Crippen LogP contribution in [0.5, 0.6) is 0 Å². The van der Waals surface area contributed by atoms with E-state index in [1.165, 1.54) is 57.1 Å². The van der Waals surface area contributed by atoms with E-state index >= 15 is 0 Å². The second kappa shape index (κ2) is 6.91. The summed E-state index contributed by atoms with van der Waals surface area (Å²) in [4.78, 5) is 0. The van der Waals surface area contributed by atoms with Crippen molar-refractivity contribution >= 4 is 0 Å². The maximum atomic E-state index is 12.9. The van der Waals surface area contributed by atoms with E-state index in [1.54, 1.807) is 12.1 Å². The van der Waals surface area contributed by atoms with Gasteiger partial charge in [0.25, 0.3) is 0 Å². The van der Waals surface area contributed by atoms with E-state index < -0.39 is 0 Å². The molecule has 2 heteroatoms. The van der Waals surface area contributed by atoms with Crippen LogP contribution in [0.2, 0.25) is 0 Å². The monoisotopic (exact) mass is 289 g/mol. The molecule has 0 radical (unpaired) electrons. The molecule has 2 fully saturated rings. The Kier molecular flexibility index (Phi) is 4.95. The minimum atomic E-state index is -0.130. The van der Waals surface area contributed by atoms with Gasteiger partial charge >= 0.3 is 0 Å². The van der Waals surface area contributed by atoms with Crippen LogP contribution in [0.4, 0.5) is 4.39 Å². The van der Waals surface area contributed by atoms with Gasteiger partial charge in [-0.3, -0.25) is 0 Å². The first-order valence-corrected chi connectivity index (χ1v) is 8.69. The van der Waals surface area contributed by atoms with Gasteiger partial charge in [-0.2, -0.15) is 0 Å². The van der Waals surface area contributed by atoms with Crippen LogP contribution >= 0.6 is 0 Å². The summed E-state index contributed by atoms with van der Waals surface area (Å²) >= 11 is 0. The Bertz CT molecular complexity index is 435. The van der Waals surface area contributed by atoms with Crippen molar-refractivity contribution in [3.63, 3.8) is 0 Å². The molecule has 1 aromatic carbocycles. The zero-order valence-corrected chi connectivity index (χ0v) is 13.2. The Morgan fingerprint density at radius 1 is 1.10 bits per heavy atom. The minimum absolute atomic E-state index is 0.130. The van der Waals surface area contributed by atoms with Gasteiger partial charge in [0.1, 0.15) is 5.82 Å². The molecular formula is C19H28FN. The topological polar surface area (TPSA) is 12.0 Å². The first kappa shape index (κ1) is 15.0. The summed E-state index contributed by atoms with van der Waals surface area (Å²) in [5, 5.41) is 3.72. The highest BCUT2D eigenvalue weighted by atomic mass is 19.1. The standard InChI is InChI=1S/C19H28FN/c1-14-3-2-4-15(11-14)9-10-21-19-12-17(13-19)16-5-7-18(20)8-6-16/h5-8,14-15,17,19,21H,2-4,9-13H2,1H3. The van der Waals surface area contributed by atoms with Crippen LogP contribution in [0.3, 0.4) is 0 Å². The molecule has 0 aliphatic heterocycles. The van der Waals surface area contributed by atoms with Crippen molar-refractivity contribution in [2.75, 3.05) is 6.54 Å². The first-order valence-electron chi connectivity index (χ1n) is 8.69. The molecule has 2 unspecified atom stereocenters. The fraction of sp³-hybridized carbons (Fsp3) is 0.684. The molecule has 1 nitrogen and oxygen atoms in total. The van der Waals surface area contributed by atoms with Crippen LogP contribution in [0.15, 0.2) is 24.3 Å². The van der Waals surface area contributed by atoms with E-state index in [9.17, 15) is 4.39 Å². The maximum absolute atomic E-state index is 12.9. The fourth-order valence-electron chi connectivity index (χ4n) is 4.11. The molecule has 0 spiro atoms. The second-order valence-electron chi connectivity index (χ2n) is 7.30. The highest BCUT2D eigenvalue weighted by Crippen LogP contribution is 2.37. The van der Waals surface area contributed by atoms with Crippen LogP contribution in [-0.4, -0.2) is 12.6 Å². The van der Waals surface area contributed by atoms with E-state index in [4.69, 9.17) is 0 Å². The lowest BCUT2D eigenvalue weighted by atomic mass is 9.75. The van der Waals surface area contributed by atoms with Gasteiger partial charge in [0.2, 0.25) is 0 Å². The summed E-state index contributed by atoms with van der Waals surface area (Å²) in [6, 6.07) is 7.74. The highest BCUT2D eigenvalue weighted by Gasteiger charge is 2.30. The van der Waals surface area contributed by atoms with Crippen molar-refractivity contribution < 1.29 is 4.39 Å². The summed E-state index contributed by atoms with van der Waals surface area (Å²) in [7, 11) is 0. The van der Waals surface area contributed by atoms with Gasteiger partial charge in [-0.05, 0) is 67.7 Å². The van der Waals surface area contributed by atoms with Gasteiger partial charge < -0.3 is 5.32 Å². The molecule has 1 N–H and O–H groups in total.